The lowest BCUT2D eigenvalue weighted by Crippen LogP contribution is -2.10. The quantitative estimate of drug-likeness (QED) is 0.260. The van der Waals surface area contributed by atoms with Gasteiger partial charge in [0.15, 0.2) is 0 Å². The second-order valence-electron chi connectivity index (χ2n) is 7.02. The number of hydrogen-bond donors (Lipinski definition) is 2. The first-order chi connectivity index (χ1) is 14.8. The van der Waals surface area contributed by atoms with Crippen LogP contribution in [0, 0.1) is 0 Å². The molecule has 0 radical (unpaired) electrons. The van der Waals surface area contributed by atoms with E-state index in [9.17, 15) is 4.79 Å². The predicted molar refractivity (Wildman–Crippen MR) is 122 cm³/mol. The maximum absolute atomic E-state index is 12.0. The second kappa shape index (κ2) is 11.6. The number of nitrogens with one attached hydrogen (secondary N) is 2. The Kier molecular flexibility index (Phi) is 8.21. The molecular weight excluding hydrogens is 376 g/mol. The summed E-state index contributed by atoms with van der Waals surface area (Å²) < 4.78 is 5.92. The van der Waals surface area contributed by atoms with Crippen molar-refractivity contribution in [2.24, 2.45) is 5.10 Å². The third kappa shape index (κ3) is 6.58. The molecule has 3 rings (SSSR count). The summed E-state index contributed by atoms with van der Waals surface area (Å²) in [6.45, 7) is 2.90. The number of aromatic amines is 1. The number of rotatable bonds is 11. The fourth-order valence-corrected chi connectivity index (χ4v) is 3.04. The van der Waals surface area contributed by atoms with Crippen LogP contribution in [0.2, 0.25) is 0 Å². The molecular formula is C24H28N4O2. The predicted octanol–water partition coefficient (Wildman–Crippen LogP) is 5.23. The van der Waals surface area contributed by atoms with Crippen molar-refractivity contribution in [2.75, 3.05) is 12.0 Å². The molecule has 0 fully saturated rings. The number of anilines is 1. The van der Waals surface area contributed by atoms with Crippen molar-refractivity contribution in [3.05, 3.63) is 76.6 Å². The molecule has 1 heterocycles. The molecule has 0 aliphatic rings. The van der Waals surface area contributed by atoms with Crippen LogP contribution in [0.5, 0.6) is 5.75 Å². The molecule has 0 aliphatic carbocycles. The van der Waals surface area contributed by atoms with Crippen LogP contribution < -0.4 is 15.7 Å². The third-order valence-corrected chi connectivity index (χ3v) is 4.61. The van der Waals surface area contributed by atoms with Gasteiger partial charge in [0, 0.05) is 17.2 Å². The Labute approximate surface area is 177 Å². The van der Waals surface area contributed by atoms with Crippen LogP contribution in [-0.2, 0) is 0 Å². The molecule has 6 nitrogen and oxygen atoms in total. The van der Waals surface area contributed by atoms with Crippen molar-refractivity contribution in [3.63, 3.8) is 0 Å². The lowest BCUT2D eigenvalue weighted by atomic mass is 10.1. The van der Waals surface area contributed by atoms with E-state index in [1.807, 2.05) is 54.6 Å². The molecule has 156 valence electrons. The number of para-hydroxylation sites is 1. The summed E-state index contributed by atoms with van der Waals surface area (Å²) in [6, 6.07) is 18.8. The van der Waals surface area contributed by atoms with Crippen LogP contribution in [0.3, 0.4) is 0 Å². The highest BCUT2D eigenvalue weighted by molar-refractivity contribution is 5.83. The van der Waals surface area contributed by atoms with E-state index in [0.29, 0.717) is 12.3 Å². The van der Waals surface area contributed by atoms with Crippen LogP contribution in [-0.4, -0.2) is 22.8 Å². The minimum Gasteiger partial charge on any atom is -0.493 e. The van der Waals surface area contributed by atoms with Gasteiger partial charge in [0.25, 0.3) is 5.56 Å². The molecule has 0 unspecified atom stereocenters. The van der Waals surface area contributed by atoms with Crippen LogP contribution in [0.1, 0.15) is 44.6 Å². The van der Waals surface area contributed by atoms with E-state index in [0.717, 1.165) is 23.3 Å². The molecule has 30 heavy (non-hydrogen) atoms. The second-order valence-corrected chi connectivity index (χ2v) is 7.02. The molecule has 0 saturated carbocycles. The molecule has 1 aromatic heterocycles. The van der Waals surface area contributed by atoms with E-state index in [4.69, 9.17) is 4.74 Å². The number of nitrogens with zero attached hydrogens (tertiary/aromatic N) is 2. The fraction of sp³-hybridized carbons (Fsp3) is 0.292. The molecule has 0 bridgehead atoms. The maximum atomic E-state index is 12.0. The first-order valence-electron chi connectivity index (χ1n) is 10.4. The number of aromatic nitrogens is 2. The highest BCUT2D eigenvalue weighted by Crippen LogP contribution is 2.17. The highest BCUT2D eigenvalue weighted by Gasteiger charge is 2.04. The molecule has 0 spiro atoms. The number of hydrazone groups is 1. The summed E-state index contributed by atoms with van der Waals surface area (Å²) in [6.07, 6.45) is 7.66. The van der Waals surface area contributed by atoms with Gasteiger partial charge in [0.1, 0.15) is 5.75 Å². The zero-order valence-electron chi connectivity index (χ0n) is 17.3. The normalized spacial score (nSPS) is 11.0. The SMILES string of the molecule is CCCCCCCOc1ccccc1/C=N\Nc1nc(-c2ccccc2)cc(=O)[nH]1. The van der Waals surface area contributed by atoms with Crippen molar-refractivity contribution in [2.45, 2.75) is 39.0 Å². The van der Waals surface area contributed by atoms with Gasteiger partial charge in [-0.25, -0.2) is 10.4 Å². The number of ether oxygens (including phenoxy) is 1. The molecule has 0 aliphatic heterocycles. The maximum Gasteiger partial charge on any atom is 0.252 e. The highest BCUT2D eigenvalue weighted by atomic mass is 16.5. The summed E-state index contributed by atoms with van der Waals surface area (Å²) in [5.41, 5.74) is 4.88. The Morgan fingerprint density at radius 2 is 1.80 bits per heavy atom. The van der Waals surface area contributed by atoms with Gasteiger partial charge in [0.2, 0.25) is 5.95 Å². The van der Waals surface area contributed by atoms with Crippen molar-refractivity contribution >= 4 is 12.2 Å². The zero-order chi connectivity index (χ0) is 21.0. The minimum atomic E-state index is -0.242. The Morgan fingerprint density at radius 3 is 2.63 bits per heavy atom. The zero-order valence-corrected chi connectivity index (χ0v) is 17.3. The first-order valence-corrected chi connectivity index (χ1v) is 10.4. The van der Waals surface area contributed by atoms with Gasteiger partial charge < -0.3 is 4.74 Å². The Bertz CT molecular complexity index is 999. The number of unbranched alkanes of at least 4 members (excludes halogenated alkanes) is 4. The third-order valence-electron chi connectivity index (χ3n) is 4.61. The Balaban J connectivity index is 1.62. The summed E-state index contributed by atoms with van der Waals surface area (Å²) in [4.78, 5) is 19.1. The fourth-order valence-electron chi connectivity index (χ4n) is 3.04. The average molecular weight is 405 g/mol. The van der Waals surface area contributed by atoms with E-state index in [2.05, 4.69) is 27.4 Å². The van der Waals surface area contributed by atoms with Crippen LogP contribution in [0.25, 0.3) is 11.3 Å². The van der Waals surface area contributed by atoms with Crippen molar-refractivity contribution in [3.8, 4) is 17.0 Å². The Morgan fingerprint density at radius 1 is 1.03 bits per heavy atom. The van der Waals surface area contributed by atoms with Crippen molar-refractivity contribution in [1.82, 2.24) is 9.97 Å². The van der Waals surface area contributed by atoms with Crippen LogP contribution >= 0.6 is 0 Å². The topological polar surface area (TPSA) is 79.4 Å². The molecule has 2 N–H and O–H groups in total. The molecule has 2 aromatic carbocycles. The van der Waals surface area contributed by atoms with Gasteiger partial charge in [-0.15, -0.1) is 0 Å². The smallest absolute Gasteiger partial charge is 0.252 e. The largest absolute Gasteiger partial charge is 0.493 e. The van der Waals surface area contributed by atoms with Gasteiger partial charge in [-0.1, -0.05) is 75.1 Å². The van der Waals surface area contributed by atoms with E-state index in [1.54, 1.807) is 6.21 Å². The molecule has 0 atom stereocenters. The summed E-state index contributed by atoms with van der Waals surface area (Å²) in [7, 11) is 0. The number of H-pyrrole nitrogens is 1. The lowest BCUT2D eigenvalue weighted by molar-refractivity contribution is 0.304. The van der Waals surface area contributed by atoms with E-state index >= 15 is 0 Å². The van der Waals surface area contributed by atoms with Gasteiger partial charge >= 0.3 is 0 Å². The molecule has 0 saturated heterocycles. The van der Waals surface area contributed by atoms with Crippen LogP contribution in [0.4, 0.5) is 5.95 Å². The van der Waals surface area contributed by atoms with E-state index in [-0.39, 0.29) is 11.5 Å². The van der Waals surface area contributed by atoms with Gasteiger partial charge in [0.05, 0.1) is 18.5 Å². The van der Waals surface area contributed by atoms with E-state index in [1.165, 1.54) is 31.7 Å². The van der Waals surface area contributed by atoms with Gasteiger partial charge in [-0.05, 0) is 18.6 Å². The summed E-state index contributed by atoms with van der Waals surface area (Å²) in [5.74, 6) is 1.07. The minimum absolute atomic E-state index is 0.242. The van der Waals surface area contributed by atoms with E-state index < -0.39 is 0 Å². The summed E-state index contributed by atoms with van der Waals surface area (Å²) >= 11 is 0. The van der Waals surface area contributed by atoms with Crippen molar-refractivity contribution < 1.29 is 4.74 Å². The van der Waals surface area contributed by atoms with Crippen LogP contribution in [0.15, 0.2) is 70.6 Å². The molecule has 6 heteroatoms. The van der Waals surface area contributed by atoms with Crippen molar-refractivity contribution in [1.29, 1.82) is 0 Å². The monoisotopic (exact) mass is 404 g/mol. The first kappa shape index (κ1) is 21.3. The average Bonchev–Trinajstić information content (AvgIpc) is 2.77. The molecule has 3 aromatic rings. The standard InChI is InChI=1S/C24H28N4O2/c1-2-3-4-5-11-16-30-22-15-10-9-14-20(22)18-25-28-24-26-21(17-23(29)27-24)19-12-7-6-8-13-19/h6-10,12-15,17-18H,2-5,11,16H2,1H3,(H2,26,27,28,29)/b25-18-. The Hall–Kier alpha value is -3.41. The lowest BCUT2D eigenvalue weighted by Gasteiger charge is -2.09. The molecule has 0 amide bonds. The summed E-state index contributed by atoms with van der Waals surface area (Å²) in [5, 5.41) is 4.23. The number of benzene rings is 2. The van der Waals surface area contributed by atoms with Gasteiger partial charge in [-0.2, -0.15) is 5.10 Å². The van der Waals surface area contributed by atoms with Gasteiger partial charge in [-0.3, -0.25) is 9.78 Å². The number of hydrogen-bond acceptors (Lipinski definition) is 5.